The van der Waals surface area contributed by atoms with Gasteiger partial charge in [0, 0.05) is 25.0 Å². The second-order valence-electron chi connectivity index (χ2n) is 5.67. The molecule has 1 aromatic carbocycles. The molecular formula is C16H25N3O. The molecule has 1 saturated carbocycles. The van der Waals surface area contributed by atoms with Gasteiger partial charge < -0.3 is 10.6 Å². The molecule has 2 rings (SSSR count). The third kappa shape index (κ3) is 3.73. The third-order valence-electron chi connectivity index (χ3n) is 4.20. The fraction of sp³-hybridized carbons (Fsp3) is 0.562. The predicted molar refractivity (Wildman–Crippen MR) is 83.7 cm³/mol. The van der Waals surface area contributed by atoms with Crippen LogP contribution in [0.4, 0.5) is 11.4 Å². The summed E-state index contributed by atoms with van der Waals surface area (Å²) in [5.41, 5.74) is 7.28. The lowest BCUT2D eigenvalue weighted by Gasteiger charge is -2.32. The van der Waals surface area contributed by atoms with Crippen molar-refractivity contribution in [3.63, 3.8) is 0 Å². The number of nitrogens with zero attached hydrogens (tertiary/aromatic N) is 2. The van der Waals surface area contributed by atoms with Gasteiger partial charge in [0.15, 0.2) is 0 Å². The Morgan fingerprint density at radius 1 is 1.30 bits per heavy atom. The molecule has 1 amide bonds. The minimum atomic E-state index is 0.135. The smallest absolute Gasteiger partial charge is 0.240 e. The molecule has 4 heteroatoms. The van der Waals surface area contributed by atoms with Crippen LogP contribution in [0.15, 0.2) is 24.3 Å². The fourth-order valence-corrected chi connectivity index (χ4v) is 2.49. The van der Waals surface area contributed by atoms with E-state index >= 15 is 0 Å². The quantitative estimate of drug-likeness (QED) is 0.811. The number of rotatable bonds is 6. The van der Waals surface area contributed by atoms with Crippen molar-refractivity contribution in [2.45, 2.75) is 26.2 Å². The number of amides is 1. The Morgan fingerprint density at radius 2 is 1.95 bits per heavy atom. The number of carbonyl (C=O) groups excluding carboxylic acids is 1. The van der Waals surface area contributed by atoms with Crippen molar-refractivity contribution in [3.05, 3.63) is 24.3 Å². The maximum absolute atomic E-state index is 12.3. The standard InChI is InChI=1S/C16H25N3O/c1-3-19(11-13-5-4-6-13)12-16(20)18(2)15-9-7-14(17)8-10-15/h7-10,13H,3-6,11-12,17H2,1-2H3. The van der Waals surface area contributed by atoms with E-state index in [-0.39, 0.29) is 5.91 Å². The fourth-order valence-electron chi connectivity index (χ4n) is 2.49. The number of nitrogen functional groups attached to an aromatic ring is 1. The van der Waals surface area contributed by atoms with E-state index in [0.29, 0.717) is 6.54 Å². The summed E-state index contributed by atoms with van der Waals surface area (Å²) in [7, 11) is 1.82. The van der Waals surface area contributed by atoms with Crippen molar-refractivity contribution >= 4 is 17.3 Å². The van der Waals surface area contributed by atoms with E-state index < -0.39 is 0 Å². The summed E-state index contributed by atoms with van der Waals surface area (Å²) in [4.78, 5) is 16.3. The van der Waals surface area contributed by atoms with Gasteiger partial charge >= 0.3 is 0 Å². The Hall–Kier alpha value is -1.55. The molecule has 0 saturated heterocycles. The zero-order chi connectivity index (χ0) is 14.5. The van der Waals surface area contributed by atoms with Gasteiger partial charge in [-0.2, -0.15) is 0 Å². The van der Waals surface area contributed by atoms with Crippen LogP contribution >= 0.6 is 0 Å². The first-order valence-electron chi connectivity index (χ1n) is 7.44. The number of hydrogen-bond acceptors (Lipinski definition) is 3. The van der Waals surface area contributed by atoms with Crippen LogP contribution in [0.3, 0.4) is 0 Å². The zero-order valence-electron chi connectivity index (χ0n) is 12.5. The molecule has 0 atom stereocenters. The Kier molecular flexibility index (Phi) is 5.01. The summed E-state index contributed by atoms with van der Waals surface area (Å²) in [5.74, 6) is 0.931. The number of hydrogen-bond donors (Lipinski definition) is 1. The SMILES string of the molecule is CCN(CC(=O)N(C)c1ccc(N)cc1)CC1CCC1. The molecule has 4 nitrogen and oxygen atoms in total. The van der Waals surface area contributed by atoms with E-state index in [9.17, 15) is 4.79 Å². The van der Waals surface area contributed by atoms with E-state index in [0.717, 1.165) is 30.4 Å². The van der Waals surface area contributed by atoms with Crippen LogP contribution in [0.2, 0.25) is 0 Å². The molecule has 1 aliphatic carbocycles. The Balaban J connectivity index is 1.89. The van der Waals surface area contributed by atoms with Crippen LogP contribution in [0, 0.1) is 5.92 Å². The third-order valence-corrected chi connectivity index (χ3v) is 4.20. The molecular weight excluding hydrogens is 250 g/mol. The van der Waals surface area contributed by atoms with Gasteiger partial charge in [-0.1, -0.05) is 13.3 Å². The molecule has 0 radical (unpaired) electrons. The van der Waals surface area contributed by atoms with Crippen molar-refractivity contribution in [2.24, 2.45) is 5.92 Å². The van der Waals surface area contributed by atoms with E-state index in [2.05, 4.69) is 11.8 Å². The summed E-state index contributed by atoms with van der Waals surface area (Å²) in [5, 5.41) is 0. The molecule has 0 aliphatic heterocycles. The first-order chi connectivity index (χ1) is 9.60. The maximum Gasteiger partial charge on any atom is 0.240 e. The lowest BCUT2D eigenvalue weighted by Crippen LogP contribution is -2.41. The topological polar surface area (TPSA) is 49.6 Å². The van der Waals surface area contributed by atoms with E-state index in [1.807, 2.05) is 31.3 Å². The molecule has 0 spiro atoms. The van der Waals surface area contributed by atoms with Crippen LogP contribution in [-0.4, -0.2) is 37.5 Å². The van der Waals surface area contributed by atoms with E-state index in [1.54, 1.807) is 4.90 Å². The highest BCUT2D eigenvalue weighted by molar-refractivity contribution is 5.94. The summed E-state index contributed by atoms with van der Waals surface area (Å²) in [6.45, 7) is 4.60. The van der Waals surface area contributed by atoms with Crippen LogP contribution in [0.5, 0.6) is 0 Å². The summed E-state index contributed by atoms with van der Waals surface area (Å²) in [6.07, 6.45) is 3.98. The Labute approximate surface area is 121 Å². The Morgan fingerprint density at radius 3 is 2.45 bits per heavy atom. The molecule has 0 heterocycles. The van der Waals surface area contributed by atoms with Crippen molar-refractivity contribution < 1.29 is 4.79 Å². The second kappa shape index (κ2) is 6.75. The van der Waals surface area contributed by atoms with Crippen molar-refractivity contribution in [2.75, 3.05) is 37.3 Å². The molecule has 0 unspecified atom stereocenters. The van der Waals surface area contributed by atoms with E-state index in [1.165, 1.54) is 19.3 Å². The van der Waals surface area contributed by atoms with Crippen molar-refractivity contribution in [3.8, 4) is 0 Å². The van der Waals surface area contributed by atoms with Crippen LogP contribution in [0.25, 0.3) is 0 Å². The molecule has 0 aromatic heterocycles. The summed E-state index contributed by atoms with van der Waals surface area (Å²) in [6, 6.07) is 7.42. The minimum Gasteiger partial charge on any atom is -0.399 e. The first kappa shape index (κ1) is 14.9. The zero-order valence-corrected chi connectivity index (χ0v) is 12.5. The van der Waals surface area contributed by atoms with Gasteiger partial charge in [0.25, 0.3) is 0 Å². The number of nitrogens with two attached hydrogens (primary N) is 1. The predicted octanol–water partition coefficient (Wildman–Crippen LogP) is 2.35. The lowest BCUT2D eigenvalue weighted by atomic mass is 9.85. The average molecular weight is 275 g/mol. The lowest BCUT2D eigenvalue weighted by molar-refractivity contribution is -0.119. The monoisotopic (exact) mass is 275 g/mol. The first-order valence-corrected chi connectivity index (χ1v) is 7.44. The minimum absolute atomic E-state index is 0.135. The van der Waals surface area contributed by atoms with Crippen molar-refractivity contribution in [1.29, 1.82) is 0 Å². The van der Waals surface area contributed by atoms with Crippen LogP contribution in [-0.2, 0) is 4.79 Å². The van der Waals surface area contributed by atoms with Gasteiger partial charge in [0.1, 0.15) is 0 Å². The summed E-state index contributed by atoms with van der Waals surface area (Å²) < 4.78 is 0. The van der Waals surface area contributed by atoms with Gasteiger partial charge in [0.2, 0.25) is 5.91 Å². The number of anilines is 2. The largest absolute Gasteiger partial charge is 0.399 e. The Bertz CT molecular complexity index is 440. The maximum atomic E-state index is 12.3. The second-order valence-corrected chi connectivity index (χ2v) is 5.67. The summed E-state index contributed by atoms with van der Waals surface area (Å²) >= 11 is 0. The van der Waals surface area contributed by atoms with Gasteiger partial charge in [-0.25, -0.2) is 0 Å². The normalized spacial score (nSPS) is 15.2. The molecule has 1 aliphatic rings. The molecule has 1 aromatic rings. The molecule has 0 bridgehead atoms. The number of carbonyl (C=O) groups is 1. The van der Waals surface area contributed by atoms with Crippen LogP contribution in [0.1, 0.15) is 26.2 Å². The van der Waals surface area contributed by atoms with Gasteiger partial charge in [-0.05, 0) is 49.6 Å². The van der Waals surface area contributed by atoms with Crippen molar-refractivity contribution in [1.82, 2.24) is 4.90 Å². The molecule has 20 heavy (non-hydrogen) atoms. The van der Waals surface area contributed by atoms with Gasteiger partial charge in [0.05, 0.1) is 6.54 Å². The number of benzene rings is 1. The highest BCUT2D eigenvalue weighted by atomic mass is 16.2. The van der Waals surface area contributed by atoms with Crippen LogP contribution < -0.4 is 10.6 Å². The average Bonchev–Trinajstić information content (AvgIpc) is 2.41. The highest BCUT2D eigenvalue weighted by Gasteiger charge is 2.22. The molecule has 1 fully saturated rings. The van der Waals surface area contributed by atoms with Gasteiger partial charge in [-0.15, -0.1) is 0 Å². The van der Waals surface area contributed by atoms with E-state index in [4.69, 9.17) is 5.73 Å². The molecule has 110 valence electrons. The van der Waals surface area contributed by atoms with Gasteiger partial charge in [-0.3, -0.25) is 9.69 Å². The highest BCUT2D eigenvalue weighted by Crippen LogP contribution is 2.27. The number of likely N-dealkylation sites (N-methyl/N-ethyl adjacent to an activating group) is 2. The molecule has 2 N–H and O–H groups in total.